The van der Waals surface area contributed by atoms with E-state index in [0.717, 1.165) is 15.7 Å². The number of ketones is 1. The molecule has 7 heteroatoms. The number of benzene rings is 2. The lowest BCUT2D eigenvalue weighted by Gasteiger charge is -2.10. The van der Waals surface area contributed by atoms with Crippen LogP contribution in [-0.4, -0.2) is 31.3 Å². The Balaban J connectivity index is 1.67. The largest absolute Gasteiger partial charge is 0.293 e. The van der Waals surface area contributed by atoms with Gasteiger partial charge in [-0.1, -0.05) is 64.1 Å². The minimum atomic E-state index is 0.0329. The Bertz CT molecular complexity index is 1100. The quantitative estimate of drug-likeness (QED) is 0.303. The van der Waals surface area contributed by atoms with E-state index in [1.165, 1.54) is 11.8 Å². The zero-order valence-electron chi connectivity index (χ0n) is 14.7. The number of hydrogen-bond acceptors (Lipinski definition) is 5. The van der Waals surface area contributed by atoms with Gasteiger partial charge < -0.3 is 0 Å². The van der Waals surface area contributed by atoms with Crippen molar-refractivity contribution in [3.63, 3.8) is 0 Å². The van der Waals surface area contributed by atoms with Crippen LogP contribution in [-0.2, 0) is 0 Å². The van der Waals surface area contributed by atoms with Crippen molar-refractivity contribution in [3.05, 3.63) is 89.2 Å². The summed E-state index contributed by atoms with van der Waals surface area (Å²) in [5, 5.41) is 9.39. The first-order valence-electron chi connectivity index (χ1n) is 8.56. The zero-order valence-corrected chi connectivity index (χ0v) is 17.1. The number of para-hydroxylation sites is 1. The standard InChI is InChI=1S/C21H15BrN4OS/c22-18-9-5-4-8-17(18)19(27)14-28-21-25-24-20(15-10-12-23-13-11-15)26(21)16-6-2-1-3-7-16/h1-13H,14H2. The molecule has 0 aliphatic heterocycles. The fourth-order valence-corrected chi connectivity index (χ4v) is 4.10. The van der Waals surface area contributed by atoms with Crippen LogP contribution in [0.3, 0.4) is 0 Å². The molecular formula is C21H15BrN4OS. The smallest absolute Gasteiger partial charge is 0.196 e. The van der Waals surface area contributed by atoms with Crippen LogP contribution in [0.15, 0.2) is 88.8 Å². The van der Waals surface area contributed by atoms with Gasteiger partial charge in [-0.15, -0.1) is 10.2 Å². The van der Waals surface area contributed by atoms with Crippen LogP contribution in [0.1, 0.15) is 10.4 Å². The molecule has 0 bridgehead atoms. The second-order valence-corrected chi connectivity index (χ2v) is 7.70. The van der Waals surface area contributed by atoms with Gasteiger partial charge in [0, 0.05) is 33.7 Å². The van der Waals surface area contributed by atoms with Gasteiger partial charge in [-0.25, -0.2) is 0 Å². The molecule has 0 unspecified atom stereocenters. The molecule has 0 saturated carbocycles. The number of pyridine rings is 1. The molecule has 4 aromatic rings. The van der Waals surface area contributed by atoms with E-state index in [1.54, 1.807) is 12.4 Å². The molecule has 2 aromatic carbocycles. The maximum atomic E-state index is 12.6. The van der Waals surface area contributed by atoms with Crippen LogP contribution < -0.4 is 0 Å². The van der Waals surface area contributed by atoms with Crippen LogP contribution >= 0.6 is 27.7 Å². The van der Waals surface area contributed by atoms with Crippen molar-refractivity contribution in [1.29, 1.82) is 0 Å². The van der Waals surface area contributed by atoms with Crippen molar-refractivity contribution >= 4 is 33.5 Å². The van der Waals surface area contributed by atoms with Crippen LogP contribution in [0.2, 0.25) is 0 Å². The molecule has 0 atom stereocenters. The fourth-order valence-electron chi connectivity index (χ4n) is 2.76. The average molecular weight is 451 g/mol. The van der Waals surface area contributed by atoms with Gasteiger partial charge in [0.15, 0.2) is 16.8 Å². The van der Waals surface area contributed by atoms with E-state index in [0.29, 0.717) is 16.5 Å². The first-order valence-corrected chi connectivity index (χ1v) is 10.3. The number of carbonyl (C=O) groups excluding carboxylic acids is 1. The maximum Gasteiger partial charge on any atom is 0.196 e. The van der Waals surface area contributed by atoms with E-state index in [4.69, 9.17) is 0 Å². The SMILES string of the molecule is O=C(CSc1nnc(-c2ccncc2)n1-c1ccccc1)c1ccccc1Br. The highest BCUT2D eigenvalue weighted by Crippen LogP contribution is 2.28. The van der Waals surface area contributed by atoms with E-state index < -0.39 is 0 Å². The summed E-state index contributed by atoms with van der Waals surface area (Å²) in [6.07, 6.45) is 3.45. The van der Waals surface area contributed by atoms with Gasteiger partial charge in [0.2, 0.25) is 0 Å². The number of rotatable bonds is 6. The summed E-state index contributed by atoms with van der Waals surface area (Å²) in [5.74, 6) is 1.01. The number of thioether (sulfide) groups is 1. The second-order valence-electron chi connectivity index (χ2n) is 5.90. The van der Waals surface area contributed by atoms with E-state index in [9.17, 15) is 4.79 Å². The Morgan fingerprint density at radius 2 is 1.64 bits per heavy atom. The number of aromatic nitrogens is 4. The lowest BCUT2D eigenvalue weighted by Crippen LogP contribution is -2.05. The molecule has 28 heavy (non-hydrogen) atoms. The lowest BCUT2D eigenvalue weighted by molar-refractivity contribution is 0.102. The highest BCUT2D eigenvalue weighted by molar-refractivity contribution is 9.10. The summed E-state index contributed by atoms with van der Waals surface area (Å²) in [5.41, 5.74) is 2.51. The molecule has 4 rings (SSSR count). The van der Waals surface area contributed by atoms with Crippen LogP contribution in [0.5, 0.6) is 0 Å². The van der Waals surface area contributed by atoms with Crippen molar-refractivity contribution in [1.82, 2.24) is 19.7 Å². The molecular weight excluding hydrogens is 436 g/mol. The summed E-state index contributed by atoms with van der Waals surface area (Å²) >= 11 is 4.81. The Hall–Kier alpha value is -2.77. The van der Waals surface area contributed by atoms with E-state index in [-0.39, 0.29) is 11.5 Å². The van der Waals surface area contributed by atoms with Gasteiger partial charge >= 0.3 is 0 Å². The molecule has 0 aliphatic carbocycles. The molecule has 2 heterocycles. The van der Waals surface area contributed by atoms with Crippen LogP contribution in [0.4, 0.5) is 0 Å². The summed E-state index contributed by atoms with van der Waals surface area (Å²) in [4.78, 5) is 16.7. The molecule has 0 radical (unpaired) electrons. The van der Waals surface area contributed by atoms with Crippen molar-refractivity contribution in [3.8, 4) is 17.1 Å². The van der Waals surface area contributed by atoms with Gasteiger partial charge in [-0.2, -0.15) is 0 Å². The Morgan fingerprint density at radius 1 is 0.929 bits per heavy atom. The molecule has 0 spiro atoms. The normalized spacial score (nSPS) is 10.8. The first-order chi connectivity index (χ1) is 13.7. The minimum absolute atomic E-state index is 0.0329. The summed E-state index contributed by atoms with van der Waals surface area (Å²) in [6.45, 7) is 0. The van der Waals surface area contributed by atoms with Crippen molar-refractivity contribution in [2.45, 2.75) is 5.16 Å². The van der Waals surface area contributed by atoms with Gasteiger partial charge in [0.05, 0.1) is 5.75 Å². The van der Waals surface area contributed by atoms with E-state index in [2.05, 4.69) is 31.1 Å². The van der Waals surface area contributed by atoms with Crippen molar-refractivity contribution in [2.24, 2.45) is 0 Å². The average Bonchev–Trinajstić information content (AvgIpc) is 3.17. The number of nitrogens with zero attached hydrogens (tertiary/aromatic N) is 4. The van der Waals surface area contributed by atoms with E-state index >= 15 is 0 Å². The lowest BCUT2D eigenvalue weighted by atomic mass is 10.1. The maximum absolute atomic E-state index is 12.6. The summed E-state index contributed by atoms with van der Waals surface area (Å²) in [6, 6.07) is 21.1. The Kier molecular flexibility index (Phi) is 5.64. The number of Topliss-reactive ketones (excluding diaryl/α,β-unsaturated/α-hetero) is 1. The summed E-state index contributed by atoms with van der Waals surface area (Å²) < 4.78 is 2.76. The van der Waals surface area contributed by atoms with Crippen molar-refractivity contribution in [2.75, 3.05) is 5.75 Å². The Labute approximate surface area is 175 Å². The van der Waals surface area contributed by atoms with Crippen molar-refractivity contribution < 1.29 is 4.79 Å². The van der Waals surface area contributed by atoms with Gasteiger partial charge in [0.1, 0.15) is 0 Å². The molecule has 2 aromatic heterocycles. The minimum Gasteiger partial charge on any atom is -0.293 e. The molecule has 0 N–H and O–H groups in total. The third-order valence-electron chi connectivity index (χ3n) is 4.09. The molecule has 0 amide bonds. The number of hydrogen-bond donors (Lipinski definition) is 0. The predicted octanol–water partition coefficient (Wildman–Crippen LogP) is 5.07. The molecule has 5 nitrogen and oxygen atoms in total. The Morgan fingerprint density at radius 3 is 2.39 bits per heavy atom. The van der Waals surface area contributed by atoms with Gasteiger partial charge in [0.25, 0.3) is 0 Å². The highest BCUT2D eigenvalue weighted by atomic mass is 79.9. The molecule has 138 valence electrons. The van der Waals surface area contributed by atoms with Gasteiger partial charge in [-0.3, -0.25) is 14.3 Å². The number of carbonyl (C=O) groups is 1. The second kappa shape index (κ2) is 8.50. The molecule has 0 fully saturated rings. The van der Waals surface area contributed by atoms with Gasteiger partial charge in [-0.05, 0) is 30.3 Å². The third-order valence-corrected chi connectivity index (χ3v) is 5.71. The molecule has 0 aliphatic rings. The summed E-state index contributed by atoms with van der Waals surface area (Å²) in [7, 11) is 0. The fraction of sp³-hybridized carbons (Fsp3) is 0.0476. The van der Waals surface area contributed by atoms with Crippen LogP contribution in [0, 0.1) is 0 Å². The predicted molar refractivity (Wildman–Crippen MR) is 114 cm³/mol. The third kappa shape index (κ3) is 3.90. The highest BCUT2D eigenvalue weighted by Gasteiger charge is 2.18. The molecule has 0 saturated heterocycles. The topological polar surface area (TPSA) is 60.7 Å². The number of halogens is 1. The zero-order chi connectivity index (χ0) is 19.3. The van der Waals surface area contributed by atoms with E-state index in [1.807, 2.05) is 71.3 Å². The van der Waals surface area contributed by atoms with Crippen LogP contribution in [0.25, 0.3) is 17.1 Å². The first kappa shape index (κ1) is 18.6. The monoisotopic (exact) mass is 450 g/mol.